The Morgan fingerprint density at radius 2 is 1.96 bits per heavy atom. The maximum atomic E-state index is 13.6. The van der Waals surface area contributed by atoms with Crippen LogP contribution >= 0.6 is 23.2 Å². The van der Waals surface area contributed by atoms with E-state index in [9.17, 15) is 4.79 Å². The third-order valence-electron chi connectivity index (χ3n) is 6.25. The molecule has 0 radical (unpaired) electrons. The summed E-state index contributed by atoms with van der Waals surface area (Å²) in [5.41, 5.74) is 3.85. The molecule has 0 aliphatic carbocycles. The number of dihydropyridines is 1. The van der Waals surface area contributed by atoms with Crippen LogP contribution in [0, 0.1) is 0 Å². The third kappa shape index (κ3) is 1.52. The van der Waals surface area contributed by atoms with Crippen LogP contribution in [-0.2, 0) is 9.53 Å². The van der Waals surface area contributed by atoms with Gasteiger partial charge in [-0.05, 0) is 11.6 Å². The van der Waals surface area contributed by atoms with Gasteiger partial charge in [0.15, 0.2) is 11.6 Å². The lowest BCUT2D eigenvalue weighted by Gasteiger charge is -2.52. The van der Waals surface area contributed by atoms with Crippen LogP contribution < -0.4 is 9.80 Å². The molecule has 2 saturated heterocycles. The third-order valence-corrected chi connectivity index (χ3v) is 7.04. The van der Waals surface area contributed by atoms with Gasteiger partial charge in [-0.25, -0.2) is 4.79 Å². The van der Waals surface area contributed by atoms with Crippen LogP contribution in [0.15, 0.2) is 65.9 Å². The van der Waals surface area contributed by atoms with Crippen molar-refractivity contribution >= 4 is 40.5 Å². The summed E-state index contributed by atoms with van der Waals surface area (Å²) in [6.45, 7) is 1.26. The average molecular weight is 398 g/mol. The Kier molecular flexibility index (Phi) is 2.96. The Morgan fingerprint density at radius 1 is 1.15 bits per heavy atom. The second kappa shape index (κ2) is 5.03. The summed E-state index contributed by atoms with van der Waals surface area (Å²) < 4.78 is 6.43. The van der Waals surface area contributed by atoms with Crippen molar-refractivity contribution in [1.82, 2.24) is 9.80 Å². The summed E-state index contributed by atoms with van der Waals surface area (Å²) in [4.78, 5) is 13.6. The molecule has 3 unspecified atom stereocenters. The molecular formula is C21H15Cl2N2O2+. The quantitative estimate of drug-likeness (QED) is 0.571. The smallest absolute Gasteiger partial charge is 0.344 e. The van der Waals surface area contributed by atoms with Gasteiger partial charge in [-0.3, -0.25) is 0 Å². The highest BCUT2D eigenvalue weighted by Crippen LogP contribution is 2.74. The molecule has 1 N–H and O–H groups in total. The Labute approximate surface area is 166 Å². The zero-order chi connectivity index (χ0) is 18.4. The van der Waals surface area contributed by atoms with Gasteiger partial charge in [0.05, 0.1) is 17.2 Å². The number of nitrogens with one attached hydrogen (secondary N) is 1. The number of quaternary nitrogens is 1. The molecular weight excluding hydrogens is 383 g/mol. The number of ether oxygens (including phenoxy) is 1. The van der Waals surface area contributed by atoms with Gasteiger partial charge in [0.2, 0.25) is 0 Å². The highest BCUT2D eigenvalue weighted by atomic mass is 35.5. The topological polar surface area (TPSA) is 38.3 Å². The molecule has 27 heavy (non-hydrogen) atoms. The van der Waals surface area contributed by atoms with Crippen molar-refractivity contribution < 1.29 is 9.53 Å². The fourth-order valence-corrected chi connectivity index (χ4v) is 5.75. The highest BCUT2D eigenvalue weighted by molar-refractivity contribution is 6.45. The molecule has 134 valence electrons. The fraction of sp³-hybridized carbons (Fsp3) is 0.190. The molecule has 2 aromatic rings. The molecule has 4 heterocycles. The van der Waals surface area contributed by atoms with Crippen molar-refractivity contribution in [3.63, 3.8) is 0 Å². The Balaban J connectivity index is 1.74. The number of fused-ring (bicyclic) bond motifs is 4. The lowest BCUT2D eigenvalue weighted by molar-refractivity contribution is -0.178. The predicted molar refractivity (Wildman–Crippen MR) is 105 cm³/mol. The minimum atomic E-state index is -0.825. The molecule has 6 heteroatoms. The zero-order valence-corrected chi connectivity index (χ0v) is 15.7. The molecule has 0 aromatic heterocycles. The Bertz CT molecular complexity index is 1090. The van der Waals surface area contributed by atoms with Gasteiger partial charge in [0.25, 0.3) is 5.72 Å². The van der Waals surface area contributed by atoms with Crippen LogP contribution in [0.2, 0.25) is 10.0 Å². The first-order chi connectivity index (χ1) is 13.1. The minimum absolute atomic E-state index is 0.0575. The summed E-state index contributed by atoms with van der Waals surface area (Å²) in [6, 6.07) is 13.4. The molecule has 2 fully saturated rings. The molecule has 4 aliphatic heterocycles. The van der Waals surface area contributed by atoms with Gasteiger partial charge >= 0.3 is 5.91 Å². The Morgan fingerprint density at radius 3 is 2.78 bits per heavy atom. The van der Waals surface area contributed by atoms with E-state index in [1.165, 1.54) is 0 Å². The van der Waals surface area contributed by atoms with Gasteiger partial charge in [-0.2, -0.15) is 4.48 Å². The van der Waals surface area contributed by atoms with E-state index >= 15 is 0 Å². The molecule has 3 atom stereocenters. The standard InChI is InChI=1S/C21H15Cl2N2O2/c22-16-7-6-14-17-20(26)25(19(14)18(16)23,13-4-2-1-3-5-13)21(17)15-10-24-9-8-12(15)11-27-21/h1-8,10,17,24H,9,11H2/q+1. The van der Waals surface area contributed by atoms with Gasteiger partial charge in [-0.1, -0.05) is 53.5 Å². The number of β-lactam (4-membered cyclic amide) rings is 1. The molecule has 0 saturated carbocycles. The minimum Gasteiger partial charge on any atom is -0.387 e. The van der Waals surface area contributed by atoms with Crippen LogP contribution in [0.1, 0.15) is 11.5 Å². The van der Waals surface area contributed by atoms with E-state index in [0.29, 0.717) is 16.7 Å². The predicted octanol–water partition coefficient (Wildman–Crippen LogP) is 4.41. The van der Waals surface area contributed by atoms with Crippen molar-refractivity contribution in [1.29, 1.82) is 0 Å². The van der Waals surface area contributed by atoms with Gasteiger partial charge in [0.1, 0.15) is 10.7 Å². The maximum absolute atomic E-state index is 13.6. The lowest BCUT2D eigenvalue weighted by atomic mass is 9.75. The Hall–Kier alpha value is -2.11. The number of carbonyl (C=O) groups is 1. The summed E-state index contributed by atoms with van der Waals surface area (Å²) in [5.74, 6) is -0.312. The van der Waals surface area contributed by atoms with Gasteiger partial charge in [0, 0.05) is 30.4 Å². The monoisotopic (exact) mass is 397 g/mol. The van der Waals surface area contributed by atoms with Crippen molar-refractivity contribution in [2.75, 3.05) is 13.2 Å². The number of hydrogen-bond acceptors (Lipinski definition) is 3. The van der Waals surface area contributed by atoms with Crippen LogP contribution in [0.4, 0.5) is 11.4 Å². The van der Waals surface area contributed by atoms with Crippen LogP contribution in [-0.4, -0.2) is 24.8 Å². The zero-order valence-electron chi connectivity index (χ0n) is 14.2. The van der Waals surface area contributed by atoms with E-state index in [1.54, 1.807) is 6.07 Å². The van der Waals surface area contributed by atoms with E-state index in [2.05, 4.69) is 11.4 Å². The van der Waals surface area contributed by atoms with Crippen molar-refractivity contribution in [3.8, 4) is 0 Å². The van der Waals surface area contributed by atoms with Crippen molar-refractivity contribution in [3.05, 3.63) is 81.5 Å². The molecule has 6 rings (SSSR count). The van der Waals surface area contributed by atoms with Crippen LogP contribution in [0.5, 0.6) is 0 Å². The highest BCUT2D eigenvalue weighted by Gasteiger charge is 2.88. The largest absolute Gasteiger partial charge is 0.387 e. The molecule has 2 aromatic carbocycles. The average Bonchev–Trinajstić information content (AvgIpc) is 3.31. The molecule has 1 spiro atoms. The van der Waals surface area contributed by atoms with Crippen molar-refractivity contribution in [2.45, 2.75) is 11.6 Å². The van der Waals surface area contributed by atoms with Crippen molar-refractivity contribution in [2.24, 2.45) is 0 Å². The normalized spacial score (nSPS) is 32.4. The van der Waals surface area contributed by atoms with E-state index in [-0.39, 0.29) is 16.3 Å². The van der Waals surface area contributed by atoms with E-state index < -0.39 is 5.72 Å². The number of hydrogen-bond donors (Lipinski definition) is 1. The summed E-state index contributed by atoms with van der Waals surface area (Å²) >= 11 is 13.1. The molecule has 2 bridgehead atoms. The van der Waals surface area contributed by atoms with E-state index in [4.69, 9.17) is 27.9 Å². The van der Waals surface area contributed by atoms with Crippen LogP contribution in [0.3, 0.4) is 0 Å². The van der Waals surface area contributed by atoms with E-state index in [1.807, 2.05) is 42.6 Å². The molecule has 4 nitrogen and oxygen atoms in total. The maximum Gasteiger partial charge on any atom is 0.344 e. The molecule has 4 aliphatic rings. The number of rotatable bonds is 1. The lowest BCUT2D eigenvalue weighted by Crippen LogP contribution is -2.77. The number of nitrogens with zero attached hydrogens (tertiary/aromatic N) is 1. The second-order valence-electron chi connectivity index (χ2n) is 7.26. The first-order valence-electron chi connectivity index (χ1n) is 8.89. The first kappa shape index (κ1) is 15.9. The second-order valence-corrected chi connectivity index (χ2v) is 8.04. The summed E-state index contributed by atoms with van der Waals surface area (Å²) in [6.07, 6.45) is 4.13. The molecule has 1 amide bonds. The SMILES string of the molecule is O=C1C2c3ccc(Cl)c(Cl)c3[N+]1(c1ccccc1)C21OCC2=CCNC=C21. The summed E-state index contributed by atoms with van der Waals surface area (Å²) in [5, 5.41) is 4.16. The number of amides is 1. The van der Waals surface area contributed by atoms with Crippen LogP contribution in [0.25, 0.3) is 0 Å². The van der Waals surface area contributed by atoms with Gasteiger partial charge < -0.3 is 10.1 Å². The number of halogens is 2. The number of carbonyl (C=O) groups excluding carboxylic acids is 1. The summed E-state index contributed by atoms with van der Waals surface area (Å²) in [7, 11) is 0. The van der Waals surface area contributed by atoms with E-state index in [0.717, 1.165) is 34.6 Å². The first-order valence-corrected chi connectivity index (χ1v) is 9.64. The number of benzene rings is 2. The number of para-hydroxylation sites is 1. The fourth-order valence-electron chi connectivity index (χ4n) is 5.30. The van der Waals surface area contributed by atoms with Gasteiger partial charge in [-0.15, -0.1) is 0 Å².